The Morgan fingerprint density at radius 3 is 2.84 bits per heavy atom. The lowest BCUT2D eigenvalue weighted by atomic mass is 10.3. The highest BCUT2D eigenvalue weighted by Gasteiger charge is 2.18. The summed E-state index contributed by atoms with van der Waals surface area (Å²) in [5.74, 6) is 0.0562. The molecule has 1 saturated heterocycles. The number of nitrogens with one attached hydrogen (secondary N) is 2. The normalized spacial score (nSPS) is 17.7. The van der Waals surface area contributed by atoms with Crippen LogP contribution in [0.2, 0.25) is 0 Å². The second-order valence-electron chi connectivity index (χ2n) is 4.35. The number of aromatic amines is 1. The second kappa shape index (κ2) is 6.33. The first kappa shape index (κ1) is 14.3. The molecular formula is C10H19N5O3S. The first-order chi connectivity index (χ1) is 9.09. The maximum Gasteiger partial charge on any atom is 0.245 e. The van der Waals surface area contributed by atoms with Gasteiger partial charge >= 0.3 is 0 Å². The van der Waals surface area contributed by atoms with Gasteiger partial charge in [-0.15, -0.1) is 0 Å². The fourth-order valence-corrected chi connectivity index (χ4v) is 3.01. The lowest BCUT2D eigenvalue weighted by Gasteiger charge is -2.26. The minimum atomic E-state index is -3.56. The maximum atomic E-state index is 11.9. The average Bonchev–Trinajstić information content (AvgIpc) is 2.83. The third-order valence-corrected chi connectivity index (χ3v) is 4.46. The summed E-state index contributed by atoms with van der Waals surface area (Å²) in [4.78, 5) is 2.25. The number of nitrogen functional groups attached to an aromatic ring is 1. The molecule has 2 rings (SSSR count). The highest BCUT2D eigenvalue weighted by atomic mass is 32.2. The molecule has 9 heteroatoms. The zero-order valence-electron chi connectivity index (χ0n) is 10.6. The van der Waals surface area contributed by atoms with E-state index in [2.05, 4.69) is 19.8 Å². The molecule has 0 spiro atoms. The SMILES string of the molecule is Nc1[nH]ncc1S(=O)(=O)NCCCN1CCOCC1. The van der Waals surface area contributed by atoms with Gasteiger partial charge in [-0.1, -0.05) is 0 Å². The van der Waals surface area contributed by atoms with Crippen LogP contribution in [0.1, 0.15) is 6.42 Å². The zero-order valence-corrected chi connectivity index (χ0v) is 11.4. The van der Waals surface area contributed by atoms with E-state index >= 15 is 0 Å². The van der Waals surface area contributed by atoms with Gasteiger partial charge in [-0.3, -0.25) is 10.00 Å². The number of sulfonamides is 1. The Hall–Kier alpha value is -1.16. The van der Waals surface area contributed by atoms with Crippen LogP contribution < -0.4 is 10.5 Å². The summed E-state index contributed by atoms with van der Waals surface area (Å²) in [5, 5.41) is 6.00. The van der Waals surface area contributed by atoms with Gasteiger partial charge in [-0.2, -0.15) is 5.10 Å². The average molecular weight is 289 g/mol. The molecule has 1 aliphatic rings. The lowest BCUT2D eigenvalue weighted by Crippen LogP contribution is -2.38. The van der Waals surface area contributed by atoms with Gasteiger partial charge in [0.15, 0.2) is 0 Å². The van der Waals surface area contributed by atoms with E-state index in [0.29, 0.717) is 6.54 Å². The largest absolute Gasteiger partial charge is 0.383 e. The number of H-pyrrole nitrogens is 1. The topological polar surface area (TPSA) is 113 Å². The van der Waals surface area contributed by atoms with Crippen molar-refractivity contribution in [3.63, 3.8) is 0 Å². The van der Waals surface area contributed by atoms with E-state index in [4.69, 9.17) is 10.5 Å². The molecule has 1 aromatic rings. The number of nitrogens with zero attached hydrogens (tertiary/aromatic N) is 2. The first-order valence-corrected chi connectivity index (χ1v) is 7.66. The van der Waals surface area contributed by atoms with Gasteiger partial charge < -0.3 is 10.5 Å². The minimum Gasteiger partial charge on any atom is -0.383 e. The molecular weight excluding hydrogens is 270 g/mol. The molecule has 0 aliphatic carbocycles. The number of aromatic nitrogens is 2. The van der Waals surface area contributed by atoms with E-state index in [0.717, 1.165) is 39.3 Å². The molecule has 8 nitrogen and oxygen atoms in total. The molecule has 4 N–H and O–H groups in total. The van der Waals surface area contributed by atoms with Crippen LogP contribution in [-0.2, 0) is 14.8 Å². The Labute approximate surface area is 112 Å². The molecule has 19 heavy (non-hydrogen) atoms. The number of rotatable bonds is 6. The summed E-state index contributed by atoms with van der Waals surface area (Å²) in [7, 11) is -3.56. The summed E-state index contributed by atoms with van der Waals surface area (Å²) in [6.45, 7) is 4.54. The fraction of sp³-hybridized carbons (Fsp3) is 0.700. The molecule has 0 radical (unpaired) electrons. The number of hydrogen-bond donors (Lipinski definition) is 3. The Balaban J connectivity index is 1.74. The summed E-state index contributed by atoms with van der Waals surface area (Å²) >= 11 is 0. The Bertz CT molecular complexity index is 495. The second-order valence-corrected chi connectivity index (χ2v) is 6.09. The quantitative estimate of drug-likeness (QED) is 0.578. The summed E-state index contributed by atoms with van der Waals surface area (Å²) in [6.07, 6.45) is 1.95. The molecule has 0 bridgehead atoms. The number of ether oxygens (including phenoxy) is 1. The third kappa shape index (κ3) is 3.90. The van der Waals surface area contributed by atoms with E-state index < -0.39 is 10.0 Å². The number of hydrogen-bond acceptors (Lipinski definition) is 6. The molecule has 1 fully saturated rings. The fourth-order valence-electron chi connectivity index (χ4n) is 1.91. The van der Waals surface area contributed by atoms with Crippen molar-refractivity contribution < 1.29 is 13.2 Å². The van der Waals surface area contributed by atoms with Crippen LogP contribution in [-0.4, -0.2) is 62.9 Å². The summed E-state index contributed by atoms with van der Waals surface area (Å²) in [6, 6.07) is 0. The van der Waals surface area contributed by atoms with Crippen molar-refractivity contribution in [3.05, 3.63) is 6.20 Å². The number of anilines is 1. The van der Waals surface area contributed by atoms with Gasteiger partial charge in [0, 0.05) is 19.6 Å². The van der Waals surface area contributed by atoms with E-state index in [1.54, 1.807) is 0 Å². The van der Waals surface area contributed by atoms with E-state index in [1.165, 1.54) is 6.20 Å². The molecule has 1 aromatic heterocycles. The van der Waals surface area contributed by atoms with Gasteiger partial charge in [0.2, 0.25) is 10.0 Å². The molecule has 0 atom stereocenters. The Morgan fingerprint density at radius 2 is 2.21 bits per heavy atom. The van der Waals surface area contributed by atoms with Crippen LogP contribution in [0.4, 0.5) is 5.82 Å². The van der Waals surface area contributed by atoms with Crippen molar-refractivity contribution >= 4 is 15.8 Å². The summed E-state index contributed by atoms with van der Waals surface area (Å²) in [5.41, 5.74) is 5.49. The van der Waals surface area contributed by atoms with E-state index in [-0.39, 0.29) is 10.7 Å². The van der Waals surface area contributed by atoms with Gasteiger partial charge in [0.05, 0.1) is 19.4 Å². The van der Waals surface area contributed by atoms with Crippen molar-refractivity contribution in [3.8, 4) is 0 Å². The van der Waals surface area contributed by atoms with Gasteiger partial charge in [0.1, 0.15) is 10.7 Å². The van der Waals surface area contributed by atoms with Gasteiger partial charge in [-0.25, -0.2) is 13.1 Å². The monoisotopic (exact) mass is 289 g/mol. The van der Waals surface area contributed by atoms with Gasteiger partial charge in [-0.05, 0) is 13.0 Å². The zero-order chi connectivity index (χ0) is 13.7. The number of morpholine rings is 1. The molecule has 0 unspecified atom stereocenters. The molecule has 2 heterocycles. The first-order valence-electron chi connectivity index (χ1n) is 6.18. The molecule has 0 aromatic carbocycles. The predicted octanol–water partition coefficient (Wildman–Crippen LogP) is -1.01. The molecule has 0 amide bonds. The van der Waals surface area contributed by atoms with Crippen LogP contribution in [0, 0.1) is 0 Å². The van der Waals surface area contributed by atoms with Crippen LogP contribution in [0.15, 0.2) is 11.1 Å². The Kier molecular flexibility index (Phi) is 4.75. The third-order valence-electron chi connectivity index (χ3n) is 2.97. The minimum absolute atomic E-state index is 0.00104. The highest BCUT2D eigenvalue weighted by Crippen LogP contribution is 2.13. The highest BCUT2D eigenvalue weighted by molar-refractivity contribution is 7.89. The van der Waals surface area contributed by atoms with Gasteiger partial charge in [0.25, 0.3) is 0 Å². The van der Waals surface area contributed by atoms with Crippen molar-refractivity contribution in [2.75, 3.05) is 45.1 Å². The number of nitrogens with two attached hydrogens (primary N) is 1. The molecule has 1 aliphatic heterocycles. The maximum absolute atomic E-state index is 11.9. The Morgan fingerprint density at radius 1 is 1.47 bits per heavy atom. The smallest absolute Gasteiger partial charge is 0.245 e. The van der Waals surface area contributed by atoms with Crippen LogP contribution in [0.3, 0.4) is 0 Å². The van der Waals surface area contributed by atoms with E-state index in [9.17, 15) is 8.42 Å². The van der Waals surface area contributed by atoms with Crippen molar-refractivity contribution in [1.29, 1.82) is 0 Å². The van der Waals surface area contributed by atoms with E-state index in [1.807, 2.05) is 0 Å². The van der Waals surface area contributed by atoms with Crippen molar-refractivity contribution in [2.24, 2.45) is 0 Å². The van der Waals surface area contributed by atoms with Crippen LogP contribution in [0.5, 0.6) is 0 Å². The van der Waals surface area contributed by atoms with Crippen LogP contribution in [0.25, 0.3) is 0 Å². The van der Waals surface area contributed by atoms with Crippen LogP contribution >= 0.6 is 0 Å². The van der Waals surface area contributed by atoms with Crippen molar-refractivity contribution in [2.45, 2.75) is 11.3 Å². The standard InChI is InChI=1S/C10H19N5O3S/c11-10-9(8-12-14-10)19(16,17)13-2-1-3-15-4-6-18-7-5-15/h8,13H,1-7H2,(H3,11,12,14). The lowest BCUT2D eigenvalue weighted by molar-refractivity contribution is 0.0376. The molecule has 0 saturated carbocycles. The van der Waals surface area contributed by atoms with Crippen molar-refractivity contribution in [1.82, 2.24) is 19.8 Å². The molecule has 108 valence electrons. The predicted molar refractivity (Wildman–Crippen MR) is 70.1 cm³/mol. The summed E-state index contributed by atoms with van der Waals surface area (Å²) < 4.78 is 31.5.